The zero-order valence-corrected chi connectivity index (χ0v) is 11.3. The van der Waals surface area contributed by atoms with Crippen LogP contribution < -0.4 is 10.5 Å². The number of rotatable bonds is 3. The van der Waals surface area contributed by atoms with E-state index in [1.165, 1.54) is 0 Å². The van der Waals surface area contributed by atoms with Crippen molar-refractivity contribution in [1.82, 2.24) is 4.98 Å². The van der Waals surface area contributed by atoms with E-state index in [1.54, 1.807) is 30.6 Å². The summed E-state index contributed by atoms with van der Waals surface area (Å²) in [5, 5.41) is 0. The van der Waals surface area contributed by atoms with Crippen molar-refractivity contribution in [1.29, 1.82) is 0 Å². The fraction of sp³-hybridized carbons (Fsp3) is 0.0769. The summed E-state index contributed by atoms with van der Waals surface area (Å²) in [7, 11) is 0. The van der Waals surface area contributed by atoms with Gasteiger partial charge in [-0.05, 0) is 52.7 Å². The quantitative estimate of drug-likeness (QED) is 0.948. The van der Waals surface area contributed by atoms with E-state index in [9.17, 15) is 4.79 Å². The number of nitrogens with zero attached hydrogens (tertiary/aromatic N) is 1. The Bertz CT molecular complexity index is 599. The smallest absolute Gasteiger partial charge is 0.248 e. The maximum atomic E-state index is 11.1. The standard InChI is InChI=1S/C13H11BrN2O2/c1-8-4-10(2-3-12(8)13(15)17)18-11-5-9(14)6-16-7-11/h2-7H,1H3,(H2,15,17). The Kier molecular flexibility index (Phi) is 3.62. The highest BCUT2D eigenvalue weighted by Crippen LogP contribution is 2.25. The summed E-state index contributed by atoms with van der Waals surface area (Å²) in [6.45, 7) is 1.81. The Labute approximate surface area is 113 Å². The summed E-state index contributed by atoms with van der Waals surface area (Å²) in [5.74, 6) is 0.816. The number of ether oxygens (including phenoxy) is 1. The topological polar surface area (TPSA) is 65.2 Å². The van der Waals surface area contributed by atoms with Gasteiger partial charge in [-0.25, -0.2) is 0 Å². The van der Waals surface area contributed by atoms with E-state index in [1.807, 2.05) is 13.0 Å². The van der Waals surface area contributed by atoms with Crippen molar-refractivity contribution in [3.05, 3.63) is 52.3 Å². The number of carbonyl (C=O) groups is 1. The molecule has 5 heteroatoms. The van der Waals surface area contributed by atoms with Gasteiger partial charge in [-0.3, -0.25) is 9.78 Å². The first-order valence-electron chi connectivity index (χ1n) is 5.25. The molecule has 2 N–H and O–H groups in total. The number of amides is 1. The molecule has 2 rings (SSSR count). The minimum atomic E-state index is -0.442. The Morgan fingerprint density at radius 1 is 1.28 bits per heavy atom. The van der Waals surface area contributed by atoms with Gasteiger partial charge in [0, 0.05) is 16.2 Å². The molecule has 0 saturated heterocycles. The minimum Gasteiger partial charge on any atom is -0.456 e. The first-order chi connectivity index (χ1) is 8.56. The largest absolute Gasteiger partial charge is 0.456 e. The van der Waals surface area contributed by atoms with Crippen LogP contribution in [-0.4, -0.2) is 10.9 Å². The fourth-order valence-corrected chi connectivity index (χ4v) is 1.90. The Balaban J connectivity index is 2.25. The normalized spacial score (nSPS) is 10.1. The van der Waals surface area contributed by atoms with Gasteiger partial charge in [0.2, 0.25) is 5.91 Å². The predicted molar refractivity (Wildman–Crippen MR) is 71.7 cm³/mol. The number of hydrogen-bond donors (Lipinski definition) is 1. The summed E-state index contributed by atoms with van der Waals surface area (Å²) in [5.41, 5.74) is 6.52. The number of aryl methyl sites for hydroxylation is 1. The van der Waals surface area contributed by atoms with Gasteiger partial charge in [0.05, 0.1) is 6.20 Å². The van der Waals surface area contributed by atoms with Crippen LogP contribution >= 0.6 is 15.9 Å². The predicted octanol–water partition coefficient (Wildman–Crippen LogP) is 3.04. The molecule has 1 aromatic heterocycles. The molecule has 92 valence electrons. The van der Waals surface area contributed by atoms with Crippen molar-refractivity contribution in [3.63, 3.8) is 0 Å². The lowest BCUT2D eigenvalue weighted by Crippen LogP contribution is -2.12. The van der Waals surface area contributed by atoms with Crippen LogP contribution in [-0.2, 0) is 0 Å². The average Bonchev–Trinajstić information content (AvgIpc) is 2.28. The molecule has 0 saturated carbocycles. The summed E-state index contributed by atoms with van der Waals surface area (Å²) in [6, 6.07) is 6.93. The molecule has 1 amide bonds. The molecular weight excluding hydrogens is 296 g/mol. The summed E-state index contributed by atoms with van der Waals surface area (Å²) in [6.07, 6.45) is 3.29. The lowest BCUT2D eigenvalue weighted by molar-refractivity contribution is 0.0999. The van der Waals surface area contributed by atoms with Gasteiger partial charge in [-0.1, -0.05) is 0 Å². The third kappa shape index (κ3) is 2.87. The highest BCUT2D eigenvalue weighted by atomic mass is 79.9. The Morgan fingerprint density at radius 2 is 2.06 bits per heavy atom. The van der Waals surface area contributed by atoms with Crippen molar-refractivity contribution >= 4 is 21.8 Å². The van der Waals surface area contributed by atoms with Crippen LogP contribution in [0.5, 0.6) is 11.5 Å². The van der Waals surface area contributed by atoms with Gasteiger partial charge in [0.25, 0.3) is 0 Å². The Morgan fingerprint density at radius 3 is 2.67 bits per heavy atom. The SMILES string of the molecule is Cc1cc(Oc2cncc(Br)c2)ccc1C(N)=O. The summed E-state index contributed by atoms with van der Waals surface area (Å²) >= 11 is 3.32. The lowest BCUT2D eigenvalue weighted by atomic mass is 10.1. The zero-order valence-electron chi connectivity index (χ0n) is 9.68. The molecule has 0 fully saturated rings. The first kappa shape index (κ1) is 12.6. The highest BCUT2D eigenvalue weighted by Gasteiger charge is 2.06. The monoisotopic (exact) mass is 306 g/mol. The third-order valence-electron chi connectivity index (χ3n) is 2.38. The van der Waals surface area contributed by atoms with Crippen LogP contribution in [0.4, 0.5) is 0 Å². The van der Waals surface area contributed by atoms with E-state index in [-0.39, 0.29) is 0 Å². The highest BCUT2D eigenvalue weighted by molar-refractivity contribution is 9.10. The van der Waals surface area contributed by atoms with Gasteiger partial charge in [-0.15, -0.1) is 0 Å². The maximum absolute atomic E-state index is 11.1. The van der Waals surface area contributed by atoms with Crippen LogP contribution in [0.15, 0.2) is 41.1 Å². The molecule has 18 heavy (non-hydrogen) atoms. The third-order valence-corrected chi connectivity index (χ3v) is 2.81. The molecule has 0 aliphatic rings. The van der Waals surface area contributed by atoms with E-state index in [0.717, 1.165) is 10.0 Å². The molecule has 1 heterocycles. The van der Waals surface area contributed by atoms with E-state index >= 15 is 0 Å². The van der Waals surface area contributed by atoms with Gasteiger partial charge < -0.3 is 10.5 Å². The van der Waals surface area contributed by atoms with Crippen LogP contribution in [0.2, 0.25) is 0 Å². The van der Waals surface area contributed by atoms with E-state index < -0.39 is 5.91 Å². The molecule has 0 spiro atoms. The minimum absolute atomic E-state index is 0.442. The first-order valence-corrected chi connectivity index (χ1v) is 6.04. The van der Waals surface area contributed by atoms with E-state index in [4.69, 9.17) is 10.5 Å². The van der Waals surface area contributed by atoms with E-state index in [2.05, 4.69) is 20.9 Å². The van der Waals surface area contributed by atoms with Crippen molar-refractivity contribution in [2.24, 2.45) is 5.73 Å². The second-order valence-corrected chi connectivity index (χ2v) is 4.70. The number of carbonyl (C=O) groups excluding carboxylic acids is 1. The van der Waals surface area contributed by atoms with Gasteiger partial charge in [0.15, 0.2) is 0 Å². The molecule has 4 nitrogen and oxygen atoms in total. The zero-order chi connectivity index (χ0) is 13.1. The second kappa shape index (κ2) is 5.18. The molecule has 0 atom stereocenters. The fourth-order valence-electron chi connectivity index (χ4n) is 1.56. The maximum Gasteiger partial charge on any atom is 0.248 e. The Hall–Kier alpha value is -1.88. The second-order valence-electron chi connectivity index (χ2n) is 3.78. The summed E-state index contributed by atoms with van der Waals surface area (Å²) in [4.78, 5) is 15.1. The van der Waals surface area contributed by atoms with E-state index in [0.29, 0.717) is 17.1 Å². The lowest BCUT2D eigenvalue weighted by Gasteiger charge is -2.08. The number of halogens is 1. The van der Waals surface area contributed by atoms with Crippen LogP contribution in [0.1, 0.15) is 15.9 Å². The van der Waals surface area contributed by atoms with Gasteiger partial charge in [0.1, 0.15) is 11.5 Å². The number of primary amides is 1. The van der Waals surface area contributed by atoms with Gasteiger partial charge in [-0.2, -0.15) is 0 Å². The number of hydrogen-bond acceptors (Lipinski definition) is 3. The number of benzene rings is 1. The van der Waals surface area contributed by atoms with Crippen LogP contribution in [0.25, 0.3) is 0 Å². The number of pyridine rings is 1. The molecule has 0 aliphatic heterocycles. The summed E-state index contributed by atoms with van der Waals surface area (Å²) < 4.78 is 6.47. The molecule has 0 bridgehead atoms. The van der Waals surface area contributed by atoms with Gasteiger partial charge >= 0.3 is 0 Å². The molecule has 2 aromatic rings. The molecule has 0 unspecified atom stereocenters. The number of nitrogens with two attached hydrogens (primary N) is 1. The van der Waals surface area contributed by atoms with Crippen LogP contribution in [0, 0.1) is 6.92 Å². The van der Waals surface area contributed by atoms with Crippen molar-refractivity contribution in [2.75, 3.05) is 0 Å². The molecule has 0 aliphatic carbocycles. The number of aromatic nitrogens is 1. The molecule has 1 aromatic carbocycles. The molecular formula is C13H11BrN2O2. The average molecular weight is 307 g/mol. The van der Waals surface area contributed by atoms with Crippen molar-refractivity contribution in [2.45, 2.75) is 6.92 Å². The van der Waals surface area contributed by atoms with Crippen LogP contribution in [0.3, 0.4) is 0 Å². The molecule has 0 radical (unpaired) electrons. The van der Waals surface area contributed by atoms with Crippen molar-refractivity contribution in [3.8, 4) is 11.5 Å². The van der Waals surface area contributed by atoms with Crippen molar-refractivity contribution < 1.29 is 9.53 Å².